The smallest absolute Gasteiger partial charge is 0.276 e. The fraction of sp³-hybridized carbons (Fsp3) is 0.375. The standard InChI is InChI=1S/C16H18ClN3O2/c1-18-13-5-7-20(8-6-13)16(21)14-10-15(22-19-14)11-3-2-4-12(17)9-11/h2-4,9-10,13,18H,5-8H2,1H3. The van der Waals surface area contributed by atoms with Gasteiger partial charge in [-0.1, -0.05) is 28.9 Å². The van der Waals surface area contributed by atoms with Gasteiger partial charge in [-0.15, -0.1) is 0 Å². The van der Waals surface area contributed by atoms with E-state index < -0.39 is 0 Å². The maximum absolute atomic E-state index is 12.5. The molecule has 6 heteroatoms. The van der Waals surface area contributed by atoms with E-state index in [1.807, 2.05) is 24.1 Å². The first-order valence-corrected chi connectivity index (χ1v) is 7.74. The Bertz CT molecular complexity index is 663. The van der Waals surface area contributed by atoms with Gasteiger partial charge in [-0.25, -0.2) is 0 Å². The fourth-order valence-electron chi connectivity index (χ4n) is 2.69. The van der Waals surface area contributed by atoms with Crippen molar-refractivity contribution in [3.05, 3.63) is 41.0 Å². The fourth-order valence-corrected chi connectivity index (χ4v) is 2.88. The summed E-state index contributed by atoms with van der Waals surface area (Å²) in [5.41, 5.74) is 1.16. The van der Waals surface area contributed by atoms with E-state index in [2.05, 4.69) is 10.5 Å². The van der Waals surface area contributed by atoms with Crippen molar-refractivity contribution >= 4 is 17.5 Å². The van der Waals surface area contributed by atoms with Crippen LogP contribution in [0.4, 0.5) is 0 Å². The average molecular weight is 320 g/mol. The number of carbonyl (C=O) groups excluding carboxylic acids is 1. The van der Waals surface area contributed by atoms with E-state index in [0.717, 1.165) is 31.5 Å². The summed E-state index contributed by atoms with van der Waals surface area (Å²) in [6.07, 6.45) is 1.92. The summed E-state index contributed by atoms with van der Waals surface area (Å²) in [6.45, 7) is 1.48. The first-order valence-electron chi connectivity index (χ1n) is 7.36. The minimum atomic E-state index is -0.0772. The summed E-state index contributed by atoms with van der Waals surface area (Å²) >= 11 is 5.97. The Kier molecular flexibility index (Phi) is 4.45. The number of hydrogen-bond donors (Lipinski definition) is 1. The molecule has 22 heavy (non-hydrogen) atoms. The quantitative estimate of drug-likeness (QED) is 0.945. The van der Waals surface area contributed by atoms with Crippen LogP contribution in [0.1, 0.15) is 23.3 Å². The van der Waals surface area contributed by atoms with Crippen LogP contribution in [0.15, 0.2) is 34.9 Å². The van der Waals surface area contributed by atoms with E-state index >= 15 is 0 Å². The van der Waals surface area contributed by atoms with Gasteiger partial charge in [-0.2, -0.15) is 0 Å². The van der Waals surface area contributed by atoms with Gasteiger partial charge in [0.05, 0.1) is 0 Å². The molecule has 1 saturated heterocycles. The van der Waals surface area contributed by atoms with E-state index in [-0.39, 0.29) is 5.91 Å². The molecule has 116 valence electrons. The third-order valence-corrected chi connectivity index (χ3v) is 4.26. The van der Waals surface area contributed by atoms with E-state index in [9.17, 15) is 4.79 Å². The summed E-state index contributed by atoms with van der Waals surface area (Å²) in [5, 5.41) is 7.78. The van der Waals surface area contributed by atoms with E-state index in [0.29, 0.717) is 22.5 Å². The number of aromatic nitrogens is 1. The molecule has 1 aromatic carbocycles. The average Bonchev–Trinajstić information content (AvgIpc) is 3.04. The van der Waals surface area contributed by atoms with Crippen LogP contribution in [0.2, 0.25) is 5.02 Å². The third-order valence-electron chi connectivity index (χ3n) is 4.03. The highest BCUT2D eigenvalue weighted by atomic mass is 35.5. The van der Waals surface area contributed by atoms with Crippen molar-refractivity contribution in [3.8, 4) is 11.3 Å². The lowest BCUT2D eigenvalue weighted by Gasteiger charge is -2.31. The number of hydrogen-bond acceptors (Lipinski definition) is 4. The van der Waals surface area contributed by atoms with Gasteiger partial charge < -0.3 is 14.7 Å². The molecule has 0 saturated carbocycles. The zero-order chi connectivity index (χ0) is 15.5. The van der Waals surface area contributed by atoms with Gasteiger partial charge in [0.1, 0.15) is 0 Å². The molecule has 1 aromatic heterocycles. The van der Waals surface area contributed by atoms with Gasteiger partial charge in [0, 0.05) is 35.8 Å². The Balaban J connectivity index is 1.72. The van der Waals surface area contributed by atoms with Crippen LogP contribution >= 0.6 is 11.6 Å². The summed E-state index contributed by atoms with van der Waals surface area (Å²) in [7, 11) is 1.96. The minimum absolute atomic E-state index is 0.0772. The van der Waals surface area contributed by atoms with Crippen molar-refractivity contribution in [1.82, 2.24) is 15.4 Å². The molecule has 1 amide bonds. The summed E-state index contributed by atoms with van der Waals surface area (Å²) < 4.78 is 5.29. The van der Waals surface area contributed by atoms with Gasteiger partial charge in [0.2, 0.25) is 0 Å². The number of likely N-dealkylation sites (tertiary alicyclic amines) is 1. The van der Waals surface area contributed by atoms with E-state index in [1.54, 1.807) is 18.2 Å². The van der Waals surface area contributed by atoms with Gasteiger partial charge >= 0.3 is 0 Å². The first-order chi connectivity index (χ1) is 10.7. The number of amides is 1. The molecule has 1 aliphatic heterocycles. The Labute approximate surface area is 134 Å². The SMILES string of the molecule is CNC1CCN(C(=O)c2cc(-c3cccc(Cl)c3)on2)CC1. The Morgan fingerprint density at radius 3 is 2.82 bits per heavy atom. The highest BCUT2D eigenvalue weighted by Crippen LogP contribution is 2.24. The van der Waals surface area contributed by atoms with Crippen LogP contribution in [0.3, 0.4) is 0 Å². The van der Waals surface area contributed by atoms with Crippen LogP contribution in [0, 0.1) is 0 Å². The predicted octanol–water partition coefficient (Wildman–Crippen LogP) is 2.82. The second kappa shape index (κ2) is 6.50. The molecule has 2 heterocycles. The van der Waals surface area contributed by atoms with E-state index in [1.165, 1.54) is 0 Å². The van der Waals surface area contributed by atoms with Crippen LogP contribution in [-0.4, -0.2) is 42.1 Å². The van der Waals surface area contributed by atoms with Crippen molar-refractivity contribution < 1.29 is 9.32 Å². The molecule has 0 spiro atoms. The van der Waals surface area contributed by atoms with Gasteiger partial charge in [0.15, 0.2) is 11.5 Å². The highest BCUT2D eigenvalue weighted by molar-refractivity contribution is 6.30. The molecule has 1 fully saturated rings. The van der Waals surface area contributed by atoms with Gasteiger partial charge in [-0.05, 0) is 32.0 Å². The summed E-state index contributed by atoms with van der Waals surface area (Å²) in [6, 6.07) is 9.46. The maximum atomic E-state index is 12.5. The van der Waals surface area contributed by atoms with Crippen molar-refractivity contribution in [3.63, 3.8) is 0 Å². The van der Waals surface area contributed by atoms with Crippen molar-refractivity contribution in [1.29, 1.82) is 0 Å². The molecular weight excluding hydrogens is 302 g/mol. The van der Waals surface area contributed by atoms with Crippen molar-refractivity contribution in [2.45, 2.75) is 18.9 Å². The molecule has 2 aromatic rings. The lowest BCUT2D eigenvalue weighted by molar-refractivity contribution is 0.0697. The topological polar surface area (TPSA) is 58.4 Å². The molecule has 0 bridgehead atoms. The van der Waals surface area contributed by atoms with Crippen LogP contribution in [-0.2, 0) is 0 Å². The zero-order valence-electron chi connectivity index (χ0n) is 12.4. The largest absolute Gasteiger partial charge is 0.355 e. The summed E-state index contributed by atoms with van der Waals surface area (Å²) in [4.78, 5) is 14.3. The first kappa shape index (κ1) is 15.1. The van der Waals surface area contributed by atoms with Crippen molar-refractivity contribution in [2.75, 3.05) is 20.1 Å². The monoisotopic (exact) mass is 319 g/mol. The lowest BCUT2D eigenvalue weighted by atomic mass is 10.0. The number of halogens is 1. The molecule has 0 atom stereocenters. The van der Waals surface area contributed by atoms with Crippen LogP contribution in [0.25, 0.3) is 11.3 Å². The highest BCUT2D eigenvalue weighted by Gasteiger charge is 2.25. The molecule has 0 radical (unpaired) electrons. The number of carbonyl (C=O) groups is 1. The lowest BCUT2D eigenvalue weighted by Crippen LogP contribution is -2.44. The molecule has 0 unspecified atom stereocenters. The maximum Gasteiger partial charge on any atom is 0.276 e. The molecule has 0 aliphatic carbocycles. The zero-order valence-corrected chi connectivity index (χ0v) is 13.1. The summed E-state index contributed by atoms with van der Waals surface area (Å²) in [5.74, 6) is 0.475. The van der Waals surface area contributed by atoms with Gasteiger partial charge in [-0.3, -0.25) is 4.79 Å². The molecule has 3 rings (SSSR count). The second-order valence-corrected chi connectivity index (χ2v) is 5.88. The predicted molar refractivity (Wildman–Crippen MR) is 84.9 cm³/mol. The van der Waals surface area contributed by atoms with E-state index in [4.69, 9.17) is 16.1 Å². The Hall–Kier alpha value is -1.85. The minimum Gasteiger partial charge on any atom is -0.355 e. The number of rotatable bonds is 3. The Morgan fingerprint density at radius 2 is 2.14 bits per heavy atom. The number of benzene rings is 1. The van der Waals surface area contributed by atoms with Crippen molar-refractivity contribution in [2.24, 2.45) is 0 Å². The number of nitrogens with zero attached hydrogens (tertiary/aromatic N) is 2. The molecular formula is C16H18ClN3O2. The number of nitrogens with one attached hydrogen (secondary N) is 1. The van der Waals surface area contributed by atoms with Crippen LogP contribution < -0.4 is 5.32 Å². The number of piperidine rings is 1. The second-order valence-electron chi connectivity index (χ2n) is 5.44. The van der Waals surface area contributed by atoms with Crippen LogP contribution in [0.5, 0.6) is 0 Å². The van der Waals surface area contributed by atoms with Gasteiger partial charge in [0.25, 0.3) is 5.91 Å². The molecule has 5 nitrogen and oxygen atoms in total. The normalized spacial score (nSPS) is 16.0. The molecule has 1 N–H and O–H groups in total. The molecule has 1 aliphatic rings. The third kappa shape index (κ3) is 3.15. The Morgan fingerprint density at radius 1 is 1.36 bits per heavy atom.